The van der Waals surface area contributed by atoms with E-state index in [0.29, 0.717) is 49.9 Å². The van der Waals surface area contributed by atoms with Crippen LogP contribution in [0, 0.1) is 0 Å². The number of aliphatic hydroxyl groups is 2. The number of aromatic nitrogens is 4. The van der Waals surface area contributed by atoms with Crippen LogP contribution in [0.15, 0.2) is 30.5 Å². The van der Waals surface area contributed by atoms with Crippen molar-refractivity contribution in [2.24, 2.45) is 0 Å². The standard InChI is InChI=1S/C26H33F2N7O2/c1-24(2,36)16-5-4-6-18(9-16)35-22-20(12-29-35)21(31-23(32-22)30-17-10-25(3,37)11-17)34-13-19(14-34)33-8-7-26(27,28)15-33/h4-6,9,12,17,19,36-37H,7-8,10-11,13-15H2,1-3H3,(H,30,31,32)/t17-,25+. The van der Waals surface area contributed by atoms with Crippen molar-refractivity contribution in [3.63, 3.8) is 0 Å². The average Bonchev–Trinajstić information content (AvgIpc) is 3.34. The summed E-state index contributed by atoms with van der Waals surface area (Å²) in [4.78, 5) is 13.6. The Kier molecular flexibility index (Phi) is 5.49. The Morgan fingerprint density at radius 1 is 1.16 bits per heavy atom. The molecule has 0 radical (unpaired) electrons. The zero-order valence-electron chi connectivity index (χ0n) is 21.3. The lowest BCUT2D eigenvalue weighted by atomic mass is 9.77. The summed E-state index contributed by atoms with van der Waals surface area (Å²) in [5, 5.41) is 29.4. The highest BCUT2D eigenvalue weighted by atomic mass is 19.3. The summed E-state index contributed by atoms with van der Waals surface area (Å²) in [7, 11) is 0. The van der Waals surface area contributed by atoms with Crippen molar-refractivity contribution >= 4 is 22.8 Å². The number of likely N-dealkylation sites (tertiary alicyclic amines) is 1. The highest BCUT2D eigenvalue weighted by Gasteiger charge is 2.45. The molecule has 0 unspecified atom stereocenters. The summed E-state index contributed by atoms with van der Waals surface area (Å²) < 4.78 is 29.2. The molecule has 9 nitrogen and oxygen atoms in total. The minimum absolute atomic E-state index is 0.0613. The van der Waals surface area contributed by atoms with Crippen LogP contribution in [0.3, 0.4) is 0 Å². The van der Waals surface area contributed by atoms with Crippen molar-refractivity contribution < 1.29 is 19.0 Å². The Hall–Kier alpha value is -2.89. The second kappa shape index (κ2) is 8.31. The number of nitrogens with one attached hydrogen (secondary N) is 1. The maximum atomic E-state index is 13.7. The number of hydrogen-bond acceptors (Lipinski definition) is 8. The van der Waals surface area contributed by atoms with Gasteiger partial charge in [0.1, 0.15) is 5.82 Å². The van der Waals surface area contributed by atoms with E-state index in [-0.39, 0.29) is 25.0 Å². The van der Waals surface area contributed by atoms with Gasteiger partial charge in [0.2, 0.25) is 5.95 Å². The molecule has 3 aliphatic rings. The van der Waals surface area contributed by atoms with Crippen LogP contribution in [0.1, 0.15) is 45.6 Å². The molecular formula is C26H33F2N7O2. The van der Waals surface area contributed by atoms with Crippen molar-refractivity contribution in [1.29, 1.82) is 0 Å². The van der Waals surface area contributed by atoms with Crippen molar-refractivity contribution in [3.8, 4) is 5.69 Å². The number of halogens is 2. The average molecular weight is 514 g/mol. The lowest BCUT2D eigenvalue weighted by Crippen LogP contribution is -2.59. The van der Waals surface area contributed by atoms with E-state index in [1.54, 1.807) is 24.7 Å². The largest absolute Gasteiger partial charge is 0.390 e. The molecule has 0 bridgehead atoms. The smallest absolute Gasteiger partial charge is 0.261 e. The van der Waals surface area contributed by atoms with Gasteiger partial charge in [-0.25, -0.2) is 13.5 Å². The van der Waals surface area contributed by atoms with Crippen molar-refractivity contribution in [3.05, 3.63) is 36.0 Å². The Labute approximate surface area is 214 Å². The van der Waals surface area contributed by atoms with Gasteiger partial charge in [0, 0.05) is 38.1 Å². The summed E-state index contributed by atoms with van der Waals surface area (Å²) in [6.07, 6.45) is 2.85. The topological polar surface area (TPSA) is 103 Å². The number of rotatable bonds is 6. The number of anilines is 2. The molecular weight excluding hydrogens is 480 g/mol. The van der Waals surface area contributed by atoms with Crippen LogP contribution in [-0.2, 0) is 5.60 Å². The summed E-state index contributed by atoms with van der Waals surface area (Å²) in [6.45, 7) is 6.73. The maximum absolute atomic E-state index is 13.7. The number of benzene rings is 1. The molecule has 0 amide bonds. The SMILES string of the molecule is CC(C)(O)c1cccc(-n2ncc3c(N4CC(N5CCC(F)(F)C5)C4)nc(N[C@H]4C[C@@](C)(O)C4)nc32)c1. The summed E-state index contributed by atoms with van der Waals surface area (Å²) in [5.74, 6) is -1.45. The van der Waals surface area contributed by atoms with Gasteiger partial charge in [-0.05, 0) is 51.3 Å². The molecule has 2 aliphatic heterocycles. The van der Waals surface area contributed by atoms with Crippen LogP contribution >= 0.6 is 0 Å². The van der Waals surface area contributed by atoms with Gasteiger partial charge < -0.3 is 20.4 Å². The third kappa shape index (κ3) is 4.64. The first-order valence-corrected chi connectivity index (χ1v) is 12.8. The second-order valence-electron chi connectivity index (χ2n) is 11.7. The van der Waals surface area contributed by atoms with Crippen LogP contribution < -0.4 is 10.2 Å². The van der Waals surface area contributed by atoms with E-state index in [2.05, 4.69) is 15.3 Å². The third-order valence-electron chi connectivity index (χ3n) is 7.79. The molecule has 2 aromatic heterocycles. The van der Waals surface area contributed by atoms with Gasteiger partial charge >= 0.3 is 0 Å². The Morgan fingerprint density at radius 2 is 1.92 bits per heavy atom. The van der Waals surface area contributed by atoms with E-state index in [1.165, 1.54) is 0 Å². The predicted molar refractivity (Wildman–Crippen MR) is 136 cm³/mol. The van der Waals surface area contributed by atoms with E-state index >= 15 is 0 Å². The summed E-state index contributed by atoms with van der Waals surface area (Å²) in [5.41, 5.74) is 0.435. The first-order chi connectivity index (χ1) is 17.4. The maximum Gasteiger partial charge on any atom is 0.261 e. The van der Waals surface area contributed by atoms with Gasteiger partial charge in [-0.1, -0.05) is 12.1 Å². The molecule has 3 N–H and O–H groups in total. The van der Waals surface area contributed by atoms with Crippen LogP contribution in [0.4, 0.5) is 20.5 Å². The molecule has 2 saturated heterocycles. The molecule has 1 saturated carbocycles. The van der Waals surface area contributed by atoms with Crippen molar-refractivity contribution in [2.45, 2.75) is 69.2 Å². The van der Waals surface area contributed by atoms with Gasteiger partial charge in [-0.3, -0.25) is 4.90 Å². The molecule has 0 spiro atoms. The molecule has 6 rings (SSSR count). The molecule has 3 aromatic rings. The monoisotopic (exact) mass is 513 g/mol. The number of nitrogens with zero attached hydrogens (tertiary/aromatic N) is 6. The quantitative estimate of drug-likeness (QED) is 0.463. The lowest BCUT2D eigenvalue weighted by molar-refractivity contribution is -0.0236. The van der Waals surface area contributed by atoms with Gasteiger partial charge in [0.25, 0.3) is 5.92 Å². The van der Waals surface area contributed by atoms with Crippen LogP contribution in [0.5, 0.6) is 0 Å². The minimum atomic E-state index is -2.61. The molecule has 37 heavy (non-hydrogen) atoms. The van der Waals surface area contributed by atoms with Crippen LogP contribution in [0.25, 0.3) is 16.7 Å². The van der Waals surface area contributed by atoms with E-state index in [1.807, 2.05) is 36.1 Å². The fraction of sp³-hybridized carbons (Fsp3) is 0.577. The zero-order chi connectivity index (χ0) is 26.2. The van der Waals surface area contributed by atoms with Crippen LogP contribution in [0.2, 0.25) is 0 Å². The Balaban J connectivity index is 1.33. The molecule has 11 heteroatoms. The summed E-state index contributed by atoms with van der Waals surface area (Å²) in [6, 6.07) is 7.67. The predicted octanol–water partition coefficient (Wildman–Crippen LogP) is 2.90. The van der Waals surface area contributed by atoms with Crippen molar-refractivity contribution in [1.82, 2.24) is 24.6 Å². The normalized spacial score (nSPS) is 26.4. The number of hydrogen-bond donors (Lipinski definition) is 3. The first kappa shape index (κ1) is 24.4. The first-order valence-electron chi connectivity index (χ1n) is 12.8. The van der Waals surface area contributed by atoms with Crippen molar-refractivity contribution in [2.75, 3.05) is 36.4 Å². The summed E-state index contributed by atoms with van der Waals surface area (Å²) >= 11 is 0. The van der Waals surface area contributed by atoms with E-state index in [4.69, 9.17) is 9.97 Å². The van der Waals surface area contributed by atoms with Gasteiger partial charge in [0.15, 0.2) is 5.65 Å². The number of alkyl halides is 2. The van der Waals surface area contributed by atoms with E-state index < -0.39 is 17.1 Å². The van der Waals surface area contributed by atoms with Gasteiger partial charge in [-0.15, -0.1) is 0 Å². The molecule has 3 fully saturated rings. The Morgan fingerprint density at radius 3 is 2.57 bits per heavy atom. The van der Waals surface area contributed by atoms with Crippen LogP contribution in [-0.4, -0.2) is 84.6 Å². The highest BCUT2D eigenvalue weighted by Crippen LogP contribution is 2.37. The third-order valence-corrected chi connectivity index (χ3v) is 7.79. The lowest BCUT2D eigenvalue weighted by Gasteiger charge is -2.45. The fourth-order valence-electron chi connectivity index (χ4n) is 5.63. The fourth-order valence-corrected chi connectivity index (χ4v) is 5.63. The zero-order valence-corrected chi connectivity index (χ0v) is 21.3. The molecule has 1 aromatic carbocycles. The molecule has 198 valence electrons. The van der Waals surface area contributed by atoms with E-state index in [0.717, 1.165) is 16.6 Å². The Bertz CT molecular complexity index is 1320. The van der Waals surface area contributed by atoms with Gasteiger partial charge in [0.05, 0.1) is 35.0 Å². The molecule has 4 heterocycles. The highest BCUT2D eigenvalue weighted by molar-refractivity contribution is 5.89. The molecule has 1 aliphatic carbocycles. The van der Waals surface area contributed by atoms with Gasteiger partial charge in [-0.2, -0.15) is 15.1 Å². The second-order valence-corrected chi connectivity index (χ2v) is 11.7. The number of fused-ring (bicyclic) bond motifs is 1. The van der Waals surface area contributed by atoms with E-state index in [9.17, 15) is 19.0 Å². The molecule has 0 atom stereocenters. The minimum Gasteiger partial charge on any atom is -0.390 e.